The van der Waals surface area contributed by atoms with Crippen molar-refractivity contribution in [3.8, 4) is 0 Å². The van der Waals surface area contributed by atoms with Crippen LogP contribution in [-0.2, 0) is 11.3 Å². The van der Waals surface area contributed by atoms with Crippen LogP contribution in [0.1, 0.15) is 39.2 Å². The van der Waals surface area contributed by atoms with Gasteiger partial charge < -0.3 is 15.0 Å². The summed E-state index contributed by atoms with van der Waals surface area (Å²) in [4.78, 5) is 2.30. The van der Waals surface area contributed by atoms with E-state index in [1.54, 1.807) is 0 Å². The number of halogens is 1. The lowest BCUT2D eigenvalue weighted by Crippen LogP contribution is -2.37. The summed E-state index contributed by atoms with van der Waals surface area (Å²) in [7, 11) is 2.13. The number of anilines is 1. The molecule has 0 atom stereocenters. The zero-order valence-corrected chi connectivity index (χ0v) is 14.3. The van der Waals surface area contributed by atoms with Gasteiger partial charge in [0.25, 0.3) is 0 Å². The van der Waals surface area contributed by atoms with E-state index in [4.69, 9.17) is 16.3 Å². The Bertz CT molecular complexity index is 464. The minimum absolute atomic E-state index is 0.115. The summed E-state index contributed by atoms with van der Waals surface area (Å²) in [6.45, 7) is 9.04. The molecular formula is C17H27ClN2O. The summed E-state index contributed by atoms with van der Waals surface area (Å²) in [5.41, 5.74) is 2.45. The van der Waals surface area contributed by atoms with Crippen LogP contribution in [0.5, 0.6) is 0 Å². The first-order valence-electron chi connectivity index (χ1n) is 7.71. The Morgan fingerprint density at radius 2 is 1.95 bits per heavy atom. The zero-order chi connectivity index (χ0) is 15.5. The van der Waals surface area contributed by atoms with Crippen LogP contribution in [0.2, 0.25) is 5.02 Å². The van der Waals surface area contributed by atoms with E-state index in [1.165, 1.54) is 5.56 Å². The van der Waals surface area contributed by atoms with Crippen LogP contribution in [0.15, 0.2) is 18.2 Å². The lowest BCUT2D eigenvalue weighted by Gasteiger charge is -2.33. The fourth-order valence-electron chi connectivity index (χ4n) is 2.58. The van der Waals surface area contributed by atoms with Gasteiger partial charge in [0, 0.05) is 38.4 Å². The van der Waals surface area contributed by atoms with Crippen LogP contribution >= 0.6 is 11.6 Å². The fourth-order valence-corrected chi connectivity index (χ4v) is 2.92. The van der Waals surface area contributed by atoms with Crippen LogP contribution < -0.4 is 10.2 Å². The molecule has 118 valence electrons. The minimum Gasteiger partial charge on any atom is -0.381 e. The van der Waals surface area contributed by atoms with Crippen molar-refractivity contribution in [1.29, 1.82) is 0 Å². The summed E-state index contributed by atoms with van der Waals surface area (Å²) >= 11 is 6.49. The Kier molecular flexibility index (Phi) is 5.53. The van der Waals surface area contributed by atoms with Gasteiger partial charge in [-0.2, -0.15) is 0 Å². The number of benzene rings is 1. The third-order valence-corrected chi connectivity index (χ3v) is 4.26. The standard InChI is InChI=1S/C17H27ClN2O/c1-17(2,3)19-12-13-5-6-16(15(18)11-13)20(4)14-7-9-21-10-8-14/h5-6,11,14,19H,7-10,12H2,1-4H3. The highest BCUT2D eigenvalue weighted by Gasteiger charge is 2.20. The Morgan fingerprint density at radius 1 is 1.29 bits per heavy atom. The number of hydrogen-bond donors (Lipinski definition) is 1. The lowest BCUT2D eigenvalue weighted by molar-refractivity contribution is 0.0855. The largest absolute Gasteiger partial charge is 0.381 e. The maximum atomic E-state index is 6.49. The normalized spacial score (nSPS) is 17.0. The second-order valence-electron chi connectivity index (χ2n) is 6.84. The van der Waals surface area contributed by atoms with Crippen LogP contribution in [0.25, 0.3) is 0 Å². The van der Waals surface area contributed by atoms with Gasteiger partial charge in [-0.15, -0.1) is 0 Å². The maximum absolute atomic E-state index is 6.49. The molecular weight excluding hydrogens is 284 g/mol. The van der Waals surface area contributed by atoms with Crippen molar-refractivity contribution < 1.29 is 4.74 Å². The number of ether oxygens (including phenoxy) is 1. The van der Waals surface area contributed by atoms with E-state index in [1.807, 2.05) is 0 Å². The third kappa shape index (κ3) is 4.87. The molecule has 0 aromatic heterocycles. The van der Waals surface area contributed by atoms with Crippen LogP contribution in [0.3, 0.4) is 0 Å². The van der Waals surface area contributed by atoms with E-state index in [2.05, 4.69) is 56.2 Å². The molecule has 21 heavy (non-hydrogen) atoms. The van der Waals surface area contributed by atoms with E-state index < -0.39 is 0 Å². The molecule has 1 saturated heterocycles. The van der Waals surface area contributed by atoms with Gasteiger partial charge in [-0.1, -0.05) is 17.7 Å². The molecule has 0 radical (unpaired) electrons. The molecule has 1 aliphatic rings. The Balaban J connectivity index is 2.04. The van der Waals surface area contributed by atoms with Crippen molar-refractivity contribution >= 4 is 17.3 Å². The first-order valence-corrected chi connectivity index (χ1v) is 8.08. The molecule has 1 heterocycles. The van der Waals surface area contributed by atoms with Crippen LogP contribution in [0.4, 0.5) is 5.69 Å². The van der Waals surface area contributed by atoms with E-state index in [0.29, 0.717) is 6.04 Å². The van der Waals surface area contributed by atoms with Gasteiger partial charge in [-0.25, -0.2) is 0 Å². The van der Waals surface area contributed by atoms with Crippen molar-refractivity contribution in [2.75, 3.05) is 25.2 Å². The average molecular weight is 311 g/mol. The van der Waals surface area contributed by atoms with Gasteiger partial charge in [0.05, 0.1) is 10.7 Å². The van der Waals surface area contributed by atoms with Gasteiger partial charge in [0.1, 0.15) is 0 Å². The van der Waals surface area contributed by atoms with Crippen molar-refractivity contribution in [2.24, 2.45) is 0 Å². The predicted molar refractivity (Wildman–Crippen MR) is 90.3 cm³/mol. The molecule has 0 unspecified atom stereocenters. The highest BCUT2D eigenvalue weighted by Crippen LogP contribution is 2.29. The molecule has 2 rings (SSSR count). The van der Waals surface area contributed by atoms with Crippen LogP contribution in [-0.4, -0.2) is 31.8 Å². The highest BCUT2D eigenvalue weighted by atomic mass is 35.5. The van der Waals surface area contributed by atoms with Gasteiger partial charge in [0.2, 0.25) is 0 Å². The molecule has 1 aromatic rings. The van der Waals surface area contributed by atoms with E-state index in [-0.39, 0.29) is 5.54 Å². The van der Waals surface area contributed by atoms with Gasteiger partial charge in [-0.05, 0) is 51.3 Å². The van der Waals surface area contributed by atoms with Crippen molar-refractivity contribution in [2.45, 2.75) is 51.7 Å². The fraction of sp³-hybridized carbons (Fsp3) is 0.647. The number of nitrogens with one attached hydrogen (secondary N) is 1. The molecule has 1 fully saturated rings. The number of nitrogens with zero attached hydrogens (tertiary/aromatic N) is 1. The maximum Gasteiger partial charge on any atom is 0.0642 e. The summed E-state index contributed by atoms with van der Waals surface area (Å²) in [6.07, 6.45) is 2.14. The topological polar surface area (TPSA) is 24.5 Å². The van der Waals surface area contributed by atoms with Crippen molar-refractivity contribution in [3.63, 3.8) is 0 Å². The molecule has 0 saturated carbocycles. The first-order chi connectivity index (χ1) is 9.87. The molecule has 1 N–H and O–H groups in total. The SMILES string of the molecule is CN(c1ccc(CNC(C)(C)C)cc1Cl)C1CCOCC1. The van der Waals surface area contributed by atoms with Crippen molar-refractivity contribution in [3.05, 3.63) is 28.8 Å². The summed E-state index contributed by atoms with van der Waals surface area (Å²) in [5, 5.41) is 4.32. The second kappa shape index (κ2) is 6.99. The lowest BCUT2D eigenvalue weighted by atomic mass is 10.1. The number of hydrogen-bond acceptors (Lipinski definition) is 3. The van der Waals surface area contributed by atoms with Crippen LogP contribution in [0, 0.1) is 0 Å². The van der Waals surface area contributed by atoms with Crippen molar-refractivity contribution in [1.82, 2.24) is 5.32 Å². The molecule has 0 aliphatic carbocycles. The average Bonchev–Trinajstić information content (AvgIpc) is 2.45. The Labute approximate surface area is 133 Å². The molecule has 3 nitrogen and oxygen atoms in total. The molecule has 1 aromatic carbocycles. The first kappa shape index (κ1) is 16.6. The monoisotopic (exact) mass is 310 g/mol. The van der Waals surface area contributed by atoms with E-state index in [0.717, 1.165) is 43.3 Å². The molecule has 0 spiro atoms. The second-order valence-corrected chi connectivity index (χ2v) is 7.25. The Morgan fingerprint density at radius 3 is 2.52 bits per heavy atom. The molecule has 0 amide bonds. The van der Waals surface area contributed by atoms with E-state index in [9.17, 15) is 0 Å². The summed E-state index contributed by atoms with van der Waals surface area (Å²) in [6, 6.07) is 6.90. The van der Waals surface area contributed by atoms with Gasteiger partial charge in [-0.3, -0.25) is 0 Å². The van der Waals surface area contributed by atoms with E-state index >= 15 is 0 Å². The molecule has 0 bridgehead atoms. The predicted octanol–water partition coefficient (Wildman–Crippen LogP) is 3.84. The quantitative estimate of drug-likeness (QED) is 0.914. The minimum atomic E-state index is 0.115. The smallest absolute Gasteiger partial charge is 0.0642 e. The zero-order valence-electron chi connectivity index (χ0n) is 13.6. The van der Waals surface area contributed by atoms with Gasteiger partial charge >= 0.3 is 0 Å². The highest BCUT2D eigenvalue weighted by molar-refractivity contribution is 6.33. The Hall–Kier alpha value is -0.770. The summed E-state index contributed by atoms with van der Waals surface area (Å²) < 4.78 is 5.43. The molecule has 4 heteroatoms. The number of rotatable bonds is 4. The third-order valence-electron chi connectivity index (χ3n) is 3.95. The van der Waals surface area contributed by atoms with Gasteiger partial charge in [0.15, 0.2) is 0 Å². The molecule has 1 aliphatic heterocycles. The summed E-state index contributed by atoms with van der Waals surface area (Å²) in [5.74, 6) is 0.